The molecule has 2 heterocycles. The van der Waals surface area contributed by atoms with Crippen molar-refractivity contribution in [3.05, 3.63) is 34.0 Å². The number of nitrogens with zero attached hydrogens (tertiary/aromatic N) is 2. The minimum atomic E-state index is -0.142. The molecule has 90 valence electrons. The van der Waals surface area contributed by atoms with Crippen LogP contribution in [0.25, 0.3) is 0 Å². The van der Waals surface area contributed by atoms with Gasteiger partial charge in [0.15, 0.2) is 0 Å². The van der Waals surface area contributed by atoms with E-state index in [9.17, 15) is 4.79 Å². The second kappa shape index (κ2) is 4.58. The van der Waals surface area contributed by atoms with Crippen molar-refractivity contribution < 1.29 is 4.79 Å². The highest BCUT2D eigenvalue weighted by atomic mass is 32.1. The van der Waals surface area contributed by atoms with Gasteiger partial charge in [0, 0.05) is 24.3 Å². The highest BCUT2D eigenvalue weighted by Crippen LogP contribution is 2.10. The summed E-state index contributed by atoms with van der Waals surface area (Å²) in [6, 6.07) is 1.66. The smallest absolute Gasteiger partial charge is 0.268 e. The topological polar surface area (TPSA) is 72.9 Å². The summed E-state index contributed by atoms with van der Waals surface area (Å²) in [5.41, 5.74) is 7.73. The van der Waals surface area contributed by atoms with Gasteiger partial charge in [0.2, 0.25) is 0 Å². The van der Waals surface area contributed by atoms with Crippen molar-refractivity contribution in [1.29, 1.82) is 0 Å². The summed E-state index contributed by atoms with van der Waals surface area (Å²) in [5, 5.41) is 5.68. The quantitative estimate of drug-likeness (QED) is 0.862. The third-order valence-corrected chi connectivity index (χ3v) is 3.29. The van der Waals surface area contributed by atoms with Gasteiger partial charge in [0.05, 0.1) is 12.2 Å². The molecule has 0 radical (unpaired) electrons. The van der Waals surface area contributed by atoms with Gasteiger partial charge < -0.3 is 15.6 Å². The lowest BCUT2D eigenvalue weighted by Gasteiger charge is -2.03. The molecule has 3 N–H and O–H groups in total. The fraction of sp³-hybridized carbons (Fsp3) is 0.273. The Hall–Kier alpha value is -1.82. The number of aryl methyl sites for hydroxylation is 2. The van der Waals surface area contributed by atoms with Gasteiger partial charge in [-0.15, -0.1) is 11.3 Å². The Kier molecular flexibility index (Phi) is 3.14. The van der Waals surface area contributed by atoms with Gasteiger partial charge in [0.1, 0.15) is 10.7 Å². The predicted molar refractivity (Wildman–Crippen MR) is 67.8 cm³/mol. The SMILES string of the molecule is Cc1csc(CNC(=O)c2cc(N)cn2C)n1. The Morgan fingerprint density at radius 1 is 1.65 bits per heavy atom. The second-order valence-corrected chi connectivity index (χ2v) is 4.78. The molecule has 0 spiro atoms. The summed E-state index contributed by atoms with van der Waals surface area (Å²) in [4.78, 5) is 16.1. The maximum Gasteiger partial charge on any atom is 0.268 e. The minimum Gasteiger partial charge on any atom is -0.397 e. The normalized spacial score (nSPS) is 10.5. The number of thiazole rings is 1. The number of nitrogens with one attached hydrogen (secondary N) is 1. The van der Waals surface area contributed by atoms with E-state index in [0.717, 1.165) is 10.7 Å². The van der Waals surface area contributed by atoms with Crippen molar-refractivity contribution in [2.45, 2.75) is 13.5 Å². The van der Waals surface area contributed by atoms with Crippen LogP contribution in [0.1, 0.15) is 21.2 Å². The zero-order valence-electron chi connectivity index (χ0n) is 9.73. The van der Waals surface area contributed by atoms with Crippen molar-refractivity contribution in [2.75, 3.05) is 5.73 Å². The highest BCUT2D eigenvalue weighted by molar-refractivity contribution is 7.09. The third kappa shape index (κ3) is 2.65. The molecule has 0 aromatic carbocycles. The van der Waals surface area contributed by atoms with E-state index in [4.69, 9.17) is 5.73 Å². The summed E-state index contributed by atoms with van der Waals surface area (Å²) in [5.74, 6) is -0.142. The van der Waals surface area contributed by atoms with E-state index in [1.54, 1.807) is 23.9 Å². The predicted octanol–water partition coefficient (Wildman–Crippen LogP) is 1.30. The molecule has 0 aliphatic heterocycles. The molecule has 0 atom stereocenters. The van der Waals surface area contributed by atoms with E-state index in [0.29, 0.717) is 17.9 Å². The second-order valence-electron chi connectivity index (χ2n) is 3.83. The van der Waals surface area contributed by atoms with Crippen LogP contribution >= 0.6 is 11.3 Å². The lowest BCUT2D eigenvalue weighted by molar-refractivity contribution is 0.0943. The van der Waals surface area contributed by atoms with Gasteiger partial charge in [-0.05, 0) is 13.0 Å². The first-order chi connectivity index (χ1) is 8.06. The molecule has 0 saturated heterocycles. The molecular formula is C11H14N4OS. The number of amides is 1. The highest BCUT2D eigenvalue weighted by Gasteiger charge is 2.10. The number of anilines is 1. The van der Waals surface area contributed by atoms with E-state index in [1.807, 2.05) is 12.3 Å². The molecular weight excluding hydrogens is 236 g/mol. The zero-order chi connectivity index (χ0) is 12.4. The van der Waals surface area contributed by atoms with E-state index >= 15 is 0 Å². The Bertz CT molecular complexity index is 543. The molecule has 17 heavy (non-hydrogen) atoms. The standard InChI is InChI=1S/C11H14N4OS/c1-7-6-17-10(14-7)4-13-11(16)9-3-8(12)5-15(9)2/h3,5-6H,4,12H2,1-2H3,(H,13,16). The molecule has 6 heteroatoms. The van der Waals surface area contributed by atoms with Crippen molar-refractivity contribution >= 4 is 22.9 Å². The van der Waals surface area contributed by atoms with Crippen LogP contribution in [0.15, 0.2) is 17.6 Å². The van der Waals surface area contributed by atoms with Crippen LogP contribution in [0.2, 0.25) is 0 Å². The average molecular weight is 250 g/mol. The maximum absolute atomic E-state index is 11.8. The average Bonchev–Trinajstić information content (AvgIpc) is 2.81. The fourth-order valence-electron chi connectivity index (χ4n) is 1.55. The molecule has 0 fully saturated rings. The molecule has 2 aromatic heterocycles. The van der Waals surface area contributed by atoms with Crippen LogP contribution in [0.3, 0.4) is 0 Å². The summed E-state index contributed by atoms with van der Waals surface area (Å²) >= 11 is 1.54. The first kappa shape index (κ1) is 11.7. The van der Waals surface area contributed by atoms with Gasteiger partial charge >= 0.3 is 0 Å². The molecule has 0 unspecified atom stereocenters. The number of rotatable bonds is 3. The van der Waals surface area contributed by atoms with Gasteiger partial charge in [0.25, 0.3) is 5.91 Å². The summed E-state index contributed by atoms with van der Waals surface area (Å²) in [6.07, 6.45) is 1.71. The van der Waals surface area contributed by atoms with Gasteiger partial charge in [-0.3, -0.25) is 4.79 Å². The lowest BCUT2D eigenvalue weighted by Crippen LogP contribution is -2.24. The minimum absolute atomic E-state index is 0.142. The Morgan fingerprint density at radius 3 is 2.94 bits per heavy atom. The Morgan fingerprint density at radius 2 is 2.41 bits per heavy atom. The molecule has 5 nitrogen and oxygen atoms in total. The number of hydrogen-bond donors (Lipinski definition) is 2. The van der Waals surface area contributed by atoms with Crippen molar-refractivity contribution in [1.82, 2.24) is 14.9 Å². The molecule has 0 saturated carbocycles. The molecule has 2 aromatic rings. The largest absolute Gasteiger partial charge is 0.397 e. The van der Waals surface area contributed by atoms with Crippen LogP contribution in [-0.2, 0) is 13.6 Å². The number of hydrogen-bond acceptors (Lipinski definition) is 4. The number of nitrogen functional groups attached to an aromatic ring is 1. The number of carbonyl (C=O) groups is 1. The Balaban J connectivity index is 2.00. The van der Waals surface area contributed by atoms with E-state index in [-0.39, 0.29) is 5.91 Å². The molecule has 2 rings (SSSR count). The summed E-state index contributed by atoms with van der Waals surface area (Å²) < 4.78 is 1.71. The zero-order valence-corrected chi connectivity index (χ0v) is 10.5. The number of carbonyl (C=O) groups excluding carboxylic acids is 1. The van der Waals surface area contributed by atoms with E-state index < -0.39 is 0 Å². The van der Waals surface area contributed by atoms with Gasteiger partial charge in [-0.25, -0.2) is 4.98 Å². The fourth-order valence-corrected chi connectivity index (χ4v) is 2.26. The van der Waals surface area contributed by atoms with Crippen molar-refractivity contribution in [2.24, 2.45) is 7.05 Å². The van der Waals surface area contributed by atoms with Gasteiger partial charge in [-0.1, -0.05) is 0 Å². The van der Waals surface area contributed by atoms with Crippen molar-refractivity contribution in [3.8, 4) is 0 Å². The maximum atomic E-state index is 11.8. The summed E-state index contributed by atoms with van der Waals surface area (Å²) in [6.45, 7) is 2.38. The molecule has 1 amide bonds. The first-order valence-electron chi connectivity index (χ1n) is 5.17. The van der Waals surface area contributed by atoms with Crippen LogP contribution in [0, 0.1) is 6.92 Å². The molecule has 0 aliphatic rings. The first-order valence-corrected chi connectivity index (χ1v) is 6.05. The lowest BCUT2D eigenvalue weighted by atomic mass is 10.4. The molecule has 0 aliphatic carbocycles. The summed E-state index contributed by atoms with van der Waals surface area (Å²) in [7, 11) is 1.79. The number of nitrogens with two attached hydrogens (primary N) is 1. The Labute approximate surface area is 103 Å². The monoisotopic (exact) mass is 250 g/mol. The van der Waals surface area contributed by atoms with E-state index in [2.05, 4.69) is 10.3 Å². The van der Waals surface area contributed by atoms with Gasteiger partial charge in [-0.2, -0.15) is 0 Å². The molecule has 0 bridgehead atoms. The van der Waals surface area contributed by atoms with Crippen LogP contribution in [0.4, 0.5) is 5.69 Å². The van der Waals surface area contributed by atoms with Crippen molar-refractivity contribution in [3.63, 3.8) is 0 Å². The van der Waals surface area contributed by atoms with Crippen LogP contribution in [-0.4, -0.2) is 15.5 Å². The van der Waals surface area contributed by atoms with E-state index in [1.165, 1.54) is 11.3 Å². The van der Waals surface area contributed by atoms with Crippen LogP contribution < -0.4 is 11.1 Å². The number of aromatic nitrogens is 2. The van der Waals surface area contributed by atoms with Crippen LogP contribution in [0.5, 0.6) is 0 Å². The third-order valence-electron chi connectivity index (χ3n) is 2.33.